The first kappa shape index (κ1) is 60.4. The van der Waals surface area contributed by atoms with Crippen molar-refractivity contribution >= 4 is 42.6 Å². The van der Waals surface area contributed by atoms with Crippen LogP contribution in [0.2, 0.25) is 19.6 Å². The molecule has 3 heterocycles. The van der Waals surface area contributed by atoms with Crippen LogP contribution in [0.15, 0.2) is 30.3 Å². The summed E-state index contributed by atoms with van der Waals surface area (Å²) in [5.41, 5.74) is 6.12. The smallest absolute Gasteiger partial charge is 0.300 e. The minimum Gasteiger partial charge on any atom is -0.481 e. The van der Waals surface area contributed by atoms with Crippen molar-refractivity contribution in [3.63, 3.8) is 0 Å². The Hall–Kier alpha value is -0.890. The van der Waals surface area contributed by atoms with Crippen molar-refractivity contribution < 1.29 is 105 Å². The number of carbonyl (C=O) groups is 2. The van der Waals surface area contributed by atoms with Gasteiger partial charge in [0, 0.05) is 46.2 Å². The molecule has 52 heavy (non-hydrogen) atoms. The summed E-state index contributed by atoms with van der Waals surface area (Å²) in [4.78, 5) is 20.8. The maximum Gasteiger partial charge on any atom is 0.300 e. The van der Waals surface area contributed by atoms with E-state index in [0.717, 1.165) is 19.6 Å². The first-order chi connectivity index (χ1) is 23.3. The predicted molar refractivity (Wildman–Crippen MR) is 188 cm³/mol. The van der Waals surface area contributed by atoms with Crippen molar-refractivity contribution in [1.82, 2.24) is 0 Å². The van der Waals surface area contributed by atoms with Gasteiger partial charge >= 0.3 is 0 Å². The van der Waals surface area contributed by atoms with E-state index < -0.39 is 94.6 Å². The molecule has 0 bridgehead atoms. The van der Waals surface area contributed by atoms with Gasteiger partial charge in [0.15, 0.2) is 18.9 Å². The molecule has 3 aliphatic rings. The molecule has 0 amide bonds. The van der Waals surface area contributed by atoms with Gasteiger partial charge in [0.25, 0.3) is 5.97 Å². The molecule has 3 saturated heterocycles. The van der Waals surface area contributed by atoms with E-state index in [0.29, 0.717) is 0 Å². The van der Waals surface area contributed by atoms with Gasteiger partial charge in [-0.05, 0) is 6.92 Å². The van der Waals surface area contributed by atoms with Gasteiger partial charge in [-0.1, -0.05) is 50.0 Å². The fraction of sp³-hybridized carbons (Fsp3) is 0.724. The summed E-state index contributed by atoms with van der Waals surface area (Å²) in [7, 11) is 0.310. The van der Waals surface area contributed by atoms with Crippen molar-refractivity contribution in [3.05, 3.63) is 35.9 Å². The second-order valence-electron chi connectivity index (χ2n) is 11.0. The van der Waals surface area contributed by atoms with Gasteiger partial charge in [-0.3, -0.25) is 14.0 Å². The van der Waals surface area contributed by atoms with Crippen LogP contribution < -0.4 is 11.6 Å². The molecule has 0 aliphatic carbocycles. The molecule has 1 aromatic carbocycles. The van der Waals surface area contributed by atoms with Crippen molar-refractivity contribution in [2.24, 2.45) is 17.5 Å². The topological polar surface area (TPSA) is 326 Å². The largest absolute Gasteiger partial charge is 0.481 e. The van der Waals surface area contributed by atoms with Crippen LogP contribution in [0.25, 0.3) is 0 Å². The summed E-state index contributed by atoms with van der Waals surface area (Å²) in [6, 6.07) is 8.43. The average Bonchev–Trinajstić information content (AvgIpc) is 3.07. The third kappa shape index (κ3) is 24.5. The number of hydrogen-bond donors (Lipinski definition) is 10. The van der Waals surface area contributed by atoms with E-state index in [2.05, 4.69) is 25.5 Å². The van der Waals surface area contributed by atoms with E-state index >= 15 is 0 Å². The van der Waals surface area contributed by atoms with Crippen LogP contribution in [0.3, 0.4) is 0 Å². The summed E-state index contributed by atoms with van der Waals surface area (Å²) in [5, 5.41) is 67.5. The van der Waals surface area contributed by atoms with Crippen molar-refractivity contribution in [2.45, 2.75) is 95.0 Å². The van der Waals surface area contributed by atoms with E-state index in [9.17, 15) is 24.5 Å². The van der Waals surface area contributed by atoms with Gasteiger partial charge in [0.2, 0.25) is 0 Å². The molecule has 0 saturated carbocycles. The molecule has 3 fully saturated rings. The summed E-state index contributed by atoms with van der Waals surface area (Å²) >= 11 is 5.67. The molecule has 0 radical (unpaired) electrons. The molecule has 3 aliphatic heterocycles. The normalized spacial score (nSPS) is 29.8. The van der Waals surface area contributed by atoms with Crippen LogP contribution in [0.1, 0.15) is 27.1 Å². The zero-order valence-electron chi connectivity index (χ0n) is 31.3. The monoisotopic (exact) mass is 873 g/mol. The SMILES string of the molecule is CC(=O)O.CO.CO[C@H]1OC2COC(c3ccccc3)O[C@H]2[C@H](O)C1C(C)=O.C[Si](C)(C)Cl.Cl.NC1C(O)OC(CO)[C@@H](O)[C@@H]1O.NO.O.[2H]CF.[Zn]. The first-order valence-electron chi connectivity index (χ1n) is 15.2. The van der Waals surface area contributed by atoms with Crippen molar-refractivity contribution in [1.29, 1.82) is 0 Å². The van der Waals surface area contributed by atoms with Crippen LogP contribution in [0.4, 0.5) is 4.39 Å². The molecule has 308 valence electrons. The molecule has 0 spiro atoms. The summed E-state index contributed by atoms with van der Waals surface area (Å²) in [6.45, 7) is 8.57. The molecule has 1 aromatic rings. The molecule has 6 unspecified atom stereocenters. The number of aliphatic hydroxyl groups excluding tert-OH is 6. The molecular weight excluding hydrogens is 816 g/mol. The van der Waals surface area contributed by atoms with E-state index in [4.69, 9.17) is 72.3 Å². The predicted octanol–water partition coefficient (Wildman–Crippen LogP) is -0.943. The number of Topliss-reactive ketones (excluding diaryl/α,β-unsaturated/α-hetero) is 1. The van der Waals surface area contributed by atoms with Crippen molar-refractivity contribution in [3.8, 4) is 0 Å². The van der Waals surface area contributed by atoms with Crippen LogP contribution in [-0.4, -0.2) is 155 Å². The minimum atomic E-state index is -1.35. The van der Waals surface area contributed by atoms with Gasteiger partial charge in [-0.15, -0.1) is 12.4 Å². The molecule has 4 rings (SSSR count). The third-order valence-electron chi connectivity index (χ3n) is 6.09. The number of alkyl halides is 1. The molecule has 14 N–H and O–H groups in total. The number of ether oxygens (including phenoxy) is 5. The Morgan fingerprint density at radius 2 is 1.46 bits per heavy atom. The van der Waals surface area contributed by atoms with Crippen molar-refractivity contribution in [2.75, 3.05) is 34.6 Å². The number of benzene rings is 1. The zero-order chi connectivity index (χ0) is 39.8. The Bertz CT molecular complexity index is 1010. The van der Waals surface area contributed by atoms with Crippen LogP contribution in [0, 0.1) is 5.92 Å². The van der Waals surface area contributed by atoms with Gasteiger partial charge in [0.1, 0.15) is 43.7 Å². The molecule has 18 nitrogen and oxygen atoms in total. The Morgan fingerprint density at radius 3 is 1.85 bits per heavy atom. The number of rotatable bonds is 4. The van der Waals surface area contributed by atoms with Crippen LogP contribution >= 0.6 is 23.5 Å². The fourth-order valence-electron chi connectivity index (χ4n) is 4.12. The summed E-state index contributed by atoms with van der Waals surface area (Å²) < 4.78 is 42.6. The number of aliphatic hydroxyl groups is 6. The van der Waals surface area contributed by atoms with E-state index in [-0.39, 0.29) is 49.8 Å². The van der Waals surface area contributed by atoms with Crippen LogP contribution in [0.5, 0.6) is 0 Å². The first-order valence-corrected chi connectivity index (χ1v) is 19.0. The number of nitrogens with two attached hydrogens (primary N) is 2. The van der Waals surface area contributed by atoms with E-state index in [1.165, 1.54) is 14.0 Å². The van der Waals surface area contributed by atoms with Gasteiger partial charge < -0.3 is 75.8 Å². The number of ketones is 1. The Morgan fingerprint density at radius 1 is 1.02 bits per heavy atom. The fourth-order valence-corrected chi connectivity index (χ4v) is 4.12. The van der Waals surface area contributed by atoms with Gasteiger partial charge in [-0.25, -0.2) is 5.90 Å². The zero-order valence-corrected chi connectivity index (χ0v) is 35.9. The number of methoxy groups -OCH3 is 1. The maximum atomic E-state index is 11.8. The third-order valence-corrected chi connectivity index (χ3v) is 6.09. The minimum absolute atomic E-state index is 0. The van der Waals surface area contributed by atoms with Crippen LogP contribution in [-0.2, 0) is 52.8 Å². The Balaban J connectivity index is -0.000000152. The number of halogens is 3. The quantitative estimate of drug-likeness (QED) is 0.0991. The molecule has 23 heteroatoms. The average molecular weight is 876 g/mol. The Labute approximate surface area is 329 Å². The number of carboxylic acids is 1. The molecule has 0 aromatic heterocycles. The van der Waals surface area contributed by atoms with E-state index in [1.54, 1.807) is 0 Å². The number of fused-ring (bicyclic) bond motifs is 1. The Kier molecular flexibility index (Phi) is 40.2. The number of aliphatic carboxylic acids is 1. The number of carboxylic acid groups (broad SMARTS) is 1. The standard InChI is InChI=1S/C16H20O6.C6H13NO5.C3H9ClSi.C2H4O2.CH3F.CH4O.ClH.H3NO.H2O.Zn/c1-9(17)12-13(18)14-11(21-16(12)19-2)8-20-15(22-14)10-6-4-3-5-7-10;7-3-5(10)4(9)2(1-8)12-6(3)11;1-5(2,3)4;1-2(3)4;2*1-2;;1-2;;/h3-7,11-16,18H,8H2,1-2H3;2-6,8-11H,1,7H2;1-3H3;1H3,(H,3,4);1H3;2H,1H3;1H;2H,1H2;1H2;/t11?,12?,13-,14-,15?,16+;2?,3?,4-,5-,6?;;;;;;;;/m11......../s1/i;;;;1D;;;;;. The summed E-state index contributed by atoms with van der Waals surface area (Å²) in [6.07, 6.45) is -8.29. The molecular formula is C29H59Cl2FN2O16SiZn. The van der Waals surface area contributed by atoms with Gasteiger partial charge in [0.05, 0.1) is 39.8 Å². The number of hydrogen-bond acceptors (Lipinski definition) is 16. The van der Waals surface area contributed by atoms with E-state index in [1.807, 2.05) is 30.3 Å². The van der Waals surface area contributed by atoms with Gasteiger partial charge in [-0.2, -0.15) is 11.1 Å². The maximum absolute atomic E-state index is 11.8. The second-order valence-corrected chi connectivity index (χ2v) is 18.5. The molecule has 11 atom stereocenters. The summed E-state index contributed by atoms with van der Waals surface area (Å²) in [5.74, 6) is 1.71. The number of carbonyl (C=O) groups excluding carboxylic acids is 1. The second kappa shape index (κ2) is 34.6.